The highest BCUT2D eigenvalue weighted by atomic mass is 32.2. The molecule has 2 heterocycles. The van der Waals surface area contributed by atoms with Crippen LogP contribution in [-0.2, 0) is 0 Å². The van der Waals surface area contributed by atoms with E-state index in [2.05, 4.69) is 20.3 Å². The summed E-state index contributed by atoms with van der Waals surface area (Å²) in [6.45, 7) is 1.99. The number of benzene rings is 1. The van der Waals surface area contributed by atoms with E-state index in [1.165, 1.54) is 0 Å². The topological polar surface area (TPSA) is 69.2 Å². The number of anilines is 2. The molecule has 6 nitrogen and oxygen atoms in total. The molecule has 0 radical (unpaired) electrons. The van der Waals surface area contributed by atoms with Crippen LogP contribution in [0.25, 0.3) is 10.6 Å². The summed E-state index contributed by atoms with van der Waals surface area (Å²) in [5.74, 6) is 1.90. The van der Waals surface area contributed by atoms with E-state index in [1.54, 1.807) is 43.5 Å². The Morgan fingerprint density at radius 1 is 1.08 bits per heavy atom. The Morgan fingerprint density at radius 2 is 1.80 bits per heavy atom. The normalized spacial score (nSPS) is 10.6. The molecule has 2 aromatic heterocycles. The summed E-state index contributed by atoms with van der Waals surface area (Å²) in [5.41, 5.74) is 2.61. The Bertz CT molecular complexity index is 861. The highest BCUT2D eigenvalue weighted by molar-refractivity contribution is 8.00. The van der Waals surface area contributed by atoms with Crippen molar-refractivity contribution < 1.29 is 9.47 Å². The molecule has 0 spiro atoms. The third kappa shape index (κ3) is 4.02. The molecule has 3 aromatic rings. The van der Waals surface area contributed by atoms with E-state index in [0.717, 1.165) is 26.3 Å². The maximum Gasteiger partial charge on any atom is 0.227 e. The van der Waals surface area contributed by atoms with Gasteiger partial charge in [-0.3, -0.25) is 0 Å². The van der Waals surface area contributed by atoms with Crippen LogP contribution in [0.4, 0.5) is 11.6 Å². The van der Waals surface area contributed by atoms with Gasteiger partial charge in [-0.2, -0.15) is 0 Å². The summed E-state index contributed by atoms with van der Waals surface area (Å²) < 4.78 is 11.6. The van der Waals surface area contributed by atoms with Crippen molar-refractivity contribution in [2.45, 2.75) is 11.3 Å². The van der Waals surface area contributed by atoms with Crippen molar-refractivity contribution in [2.75, 3.05) is 25.8 Å². The number of methoxy groups -OCH3 is 2. The van der Waals surface area contributed by atoms with Crippen LogP contribution in [-0.4, -0.2) is 35.4 Å². The lowest BCUT2D eigenvalue weighted by Crippen LogP contribution is -1.99. The first-order chi connectivity index (χ1) is 12.1. The van der Waals surface area contributed by atoms with Gasteiger partial charge >= 0.3 is 0 Å². The quantitative estimate of drug-likeness (QED) is 0.642. The molecule has 0 saturated heterocycles. The van der Waals surface area contributed by atoms with E-state index in [1.807, 2.05) is 37.4 Å². The second-order valence-corrected chi connectivity index (χ2v) is 7.14. The van der Waals surface area contributed by atoms with E-state index in [0.29, 0.717) is 17.4 Å². The van der Waals surface area contributed by atoms with Gasteiger partial charge in [0.05, 0.1) is 30.5 Å². The molecule has 130 valence electrons. The summed E-state index contributed by atoms with van der Waals surface area (Å²) in [5, 5.41) is 3.20. The Hall–Kier alpha value is -2.32. The predicted octanol–water partition coefficient (Wildman–Crippen LogP) is 4.39. The Morgan fingerprint density at radius 3 is 2.40 bits per heavy atom. The van der Waals surface area contributed by atoms with Gasteiger partial charge in [-0.15, -0.1) is 11.3 Å². The van der Waals surface area contributed by atoms with E-state index in [-0.39, 0.29) is 0 Å². The van der Waals surface area contributed by atoms with Gasteiger partial charge in [0.25, 0.3) is 0 Å². The van der Waals surface area contributed by atoms with Crippen LogP contribution < -0.4 is 14.8 Å². The zero-order valence-corrected chi connectivity index (χ0v) is 16.0. The van der Waals surface area contributed by atoms with Crippen molar-refractivity contribution in [3.05, 3.63) is 36.2 Å². The number of nitrogens with zero attached hydrogens (tertiary/aromatic N) is 3. The fourth-order valence-electron chi connectivity index (χ4n) is 2.25. The Kier molecular flexibility index (Phi) is 5.40. The van der Waals surface area contributed by atoms with Crippen LogP contribution in [0.3, 0.4) is 0 Å². The Labute approximate surface area is 154 Å². The zero-order valence-electron chi connectivity index (χ0n) is 14.4. The molecule has 0 bridgehead atoms. The Balaban J connectivity index is 1.90. The standard InChI is InChI=1S/C17H18N4O2S2/c1-10-15(25-17(19-10)24-4)14-5-6-18-16(21-14)20-11-7-12(22-2)9-13(8-11)23-3/h5-9H,1-4H3,(H,18,20,21). The number of hydrogen-bond acceptors (Lipinski definition) is 8. The lowest BCUT2D eigenvalue weighted by molar-refractivity contribution is 0.395. The maximum absolute atomic E-state index is 5.29. The van der Waals surface area contributed by atoms with Crippen LogP contribution in [0.5, 0.6) is 11.5 Å². The molecular weight excluding hydrogens is 356 g/mol. The van der Waals surface area contributed by atoms with E-state index in [9.17, 15) is 0 Å². The molecule has 0 atom stereocenters. The van der Waals surface area contributed by atoms with Crippen molar-refractivity contribution in [1.29, 1.82) is 0 Å². The van der Waals surface area contributed by atoms with Gasteiger partial charge in [0.1, 0.15) is 11.5 Å². The highest BCUT2D eigenvalue weighted by Gasteiger charge is 2.12. The molecule has 3 rings (SSSR count). The number of aryl methyl sites for hydroxylation is 1. The number of thiazole rings is 1. The first kappa shape index (κ1) is 17.5. The van der Waals surface area contributed by atoms with Gasteiger partial charge in [-0.1, -0.05) is 11.8 Å². The minimum atomic E-state index is 0.506. The van der Waals surface area contributed by atoms with Crippen LogP contribution >= 0.6 is 23.1 Å². The average Bonchev–Trinajstić information content (AvgIpc) is 3.02. The largest absolute Gasteiger partial charge is 0.497 e. The third-order valence-electron chi connectivity index (χ3n) is 3.45. The molecule has 0 aliphatic rings. The zero-order chi connectivity index (χ0) is 17.8. The molecular formula is C17H18N4O2S2. The lowest BCUT2D eigenvalue weighted by Gasteiger charge is -2.10. The number of hydrogen-bond donors (Lipinski definition) is 1. The summed E-state index contributed by atoms with van der Waals surface area (Å²) in [7, 11) is 3.23. The second-order valence-electron chi connectivity index (χ2n) is 5.09. The summed E-state index contributed by atoms with van der Waals surface area (Å²) in [4.78, 5) is 14.5. The van der Waals surface area contributed by atoms with E-state index in [4.69, 9.17) is 9.47 Å². The van der Waals surface area contributed by atoms with Crippen LogP contribution in [0, 0.1) is 6.92 Å². The molecule has 0 aliphatic heterocycles. The summed E-state index contributed by atoms with van der Waals surface area (Å²) >= 11 is 3.27. The van der Waals surface area contributed by atoms with Gasteiger partial charge in [0.15, 0.2) is 4.34 Å². The van der Waals surface area contributed by atoms with Crippen LogP contribution in [0.1, 0.15) is 5.69 Å². The lowest BCUT2D eigenvalue weighted by atomic mass is 10.2. The molecule has 8 heteroatoms. The van der Waals surface area contributed by atoms with Gasteiger partial charge in [0.2, 0.25) is 5.95 Å². The molecule has 1 aromatic carbocycles. The van der Waals surface area contributed by atoms with Gasteiger partial charge in [0, 0.05) is 30.1 Å². The number of ether oxygens (including phenoxy) is 2. The molecule has 0 fully saturated rings. The van der Waals surface area contributed by atoms with Crippen molar-refractivity contribution in [3.8, 4) is 22.1 Å². The predicted molar refractivity (Wildman–Crippen MR) is 102 cm³/mol. The number of rotatable bonds is 6. The van der Waals surface area contributed by atoms with Crippen molar-refractivity contribution in [1.82, 2.24) is 15.0 Å². The number of nitrogens with one attached hydrogen (secondary N) is 1. The SMILES string of the molecule is COc1cc(Nc2nccc(-c3sc(SC)nc3C)n2)cc(OC)c1. The number of aromatic nitrogens is 3. The fourth-order valence-corrected chi connectivity index (χ4v) is 3.83. The number of thioether (sulfide) groups is 1. The van der Waals surface area contributed by atoms with Crippen LogP contribution in [0.15, 0.2) is 34.8 Å². The third-order valence-corrected chi connectivity index (χ3v) is 5.61. The molecule has 1 N–H and O–H groups in total. The second kappa shape index (κ2) is 7.71. The van der Waals surface area contributed by atoms with Crippen molar-refractivity contribution in [3.63, 3.8) is 0 Å². The molecule has 0 unspecified atom stereocenters. The minimum Gasteiger partial charge on any atom is -0.497 e. The molecule has 0 saturated carbocycles. The first-order valence-corrected chi connectivity index (χ1v) is 9.52. The van der Waals surface area contributed by atoms with E-state index < -0.39 is 0 Å². The van der Waals surface area contributed by atoms with Gasteiger partial charge in [-0.05, 0) is 19.2 Å². The van der Waals surface area contributed by atoms with Crippen molar-refractivity contribution >= 4 is 34.7 Å². The molecule has 0 aliphatic carbocycles. The van der Waals surface area contributed by atoms with Gasteiger partial charge < -0.3 is 14.8 Å². The monoisotopic (exact) mass is 374 g/mol. The maximum atomic E-state index is 5.29. The summed E-state index contributed by atoms with van der Waals surface area (Å²) in [6, 6.07) is 7.43. The van der Waals surface area contributed by atoms with Crippen LogP contribution in [0.2, 0.25) is 0 Å². The molecule has 0 amide bonds. The average molecular weight is 374 g/mol. The van der Waals surface area contributed by atoms with Crippen molar-refractivity contribution in [2.24, 2.45) is 0 Å². The van der Waals surface area contributed by atoms with Gasteiger partial charge in [-0.25, -0.2) is 15.0 Å². The first-order valence-electron chi connectivity index (χ1n) is 7.48. The fraction of sp³-hybridized carbons (Fsp3) is 0.235. The van der Waals surface area contributed by atoms with E-state index >= 15 is 0 Å². The summed E-state index contributed by atoms with van der Waals surface area (Å²) in [6.07, 6.45) is 3.76. The minimum absolute atomic E-state index is 0.506. The molecule has 25 heavy (non-hydrogen) atoms. The smallest absolute Gasteiger partial charge is 0.227 e. The highest BCUT2D eigenvalue weighted by Crippen LogP contribution is 2.33.